The van der Waals surface area contributed by atoms with Gasteiger partial charge in [0.15, 0.2) is 0 Å². The molecule has 0 unspecified atom stereocenters. The maximum absolute atomic E-state index is 12.0. The number of pyridine rings is 1. The smallest absolute Gasteiger partial charge is 0.258 e. The van der Waals surface area contributed by atoms with Crippen molar-refractivity contribution in [1.29, 1.82) is 0 Å². The number of fused-ring (bicyclic) bond motifs is 1. The molecule has 0 aromatic carbocycles. The van der Waals surface area contributed by atoms with Gasteiger partial charge in [-0.25, -0.2) is 4.98 Å². The summed E-state index contributed by atoms with van der Waals surface area (Å²) in [5.74, 6) is 0. The van der Waals surface area contributed by atoms with E-state index in [9.17, 15) is 4.79 Å². The lowest BCUT2D eigenvalue weighted by Gasteiger charge is -2.34. The van der Waals surface area contributed by atoms with Gasteiger partial charge in [-0.05, 0) is 31.9 Å². The molecule has 4 heteroatoms. The quantitative estimate of drug-likeness (QED) is 0.933. The monoisotopic (exact) mass is 271 g/mol. The third-order valence-electron chi connectivity index (χ3n) is 4.28. The average Bonchev–Trinajstić information content (AvgIpc) is 2.46. The zero-order valence-electron chi connectivity index (χ0n) is 11.9. The van der Waals surface area contributed by atoms with E-state index in [1.807, 2.05) is 18.2 Å². The standard InChI is InChI=1S/C16H21N3O/c1-16(8-4-2-5-9-16)17-12-13-11-15(20)19-10-6-3-7-14(19)18-13/h3,6-7,10-11,17H,2,4-5,8-9,12H2,1H3. The van der Waals surface area contributed by atoms with Crippen LogP contribution >= 0.6 is 0 Å². The van der Waals surface area contributed by atoms with E-state index in [4.69, 9.17) is 0 Å². The summed E-state index contributed by atoms with van der Waals surface area (Å²) in [6.45, 7) is 2.94. The van der Waals surface area contributed by atoms with Gasteiger partial charge < -0.3 is 5.32 Å². The molecule has 3 rings (SSSR count). The van der Waals surface area contributed by atoms with Crippen LogP contribution in [-0.4, -0.2) is 14.9 Å². The summed E-state index contributed by atoms with van der Waals surface area (Å²) >= 11 is 0. The second-order valence-corrected chi connectivity index (χ2v) is 5.99. The van der Waals surface area contributed by atoms with Gasteiger partial charge in [0.2, 0.25) is 0 Å². The fourth-order valence-corrected chi connectivity index (χ4v) is 3.01. The molecule has 1 aliphatic carbocycles. The van der Waals surface area contributed by atoms with Gasteiger partial charge in [-0.2, -0.15) is 0 Å². The van der Waals surface area contributed by atoms with E-state index in [1.54, 1.807) is 16.7 Å². The summed E-state index contributed by atoms with van der Waals surface area (Å²) in [6, 6.07) is 7.25. The molecule has 0 amide bonds. The van der Waals surface area contributed by atoms with Crippen LogP contribution in [-0.2, 0) is 6.54 Å². The molecule has 1 fully saturated rings. The van der Waals surface area contributed by atoms with Crippen molar-refractivity contribution in [3.05, 3.63) is 46.5 Å². The van der Waals surface area contributed by atoms with Crippen molar-refractivity contribution >= 4 is 5.65 Å². The Morgan fingerprint density at radius 1 is 1.30 bits per heavy atom. The van der Waals surface area contributed by atoms with Crippen molar-refractivity contribution in [2.45, 2.75) is 51.1 Å². The summed E-state index contributed by atoms with van der Waals surface area (Å²) in [6.07, 6.45) is 8.09. The third-order valence-corrected chi connectivity index (χ3v) is 4.28. The van der Waals surface area contributed by atoms with Crippen LogP contribution in [0.1, 0.15) is 44.7 Å². The van der Waals surface area contributed by atoms with Crippen LogP contribution in [0.3, 0.4) is 0 Å². The summed E-state index contributed by atoms with van der Waals surface area (Å²) in [7, 11) is 0. The number of aromatic nitrogens is 2. The molecule has 0 radical (unpaired) electrons. The molecule has 20 heavy (non-hydrogen) atoms. The molecule has 1 aliphatic rings. The van der Waals surface area contributed by atoms with Crippen LogP contribution in [0.15, 0.2) is 35.3 Å². The van der Waals surface area contributed by atoms with Crippen LogP contribution in [0, 0.1) is 0 Å². The Hall–Kier alpha value is -1.68. The van der Waals surface area contributed by atoms with Gasteiger partial charge in [-0.3, -0.25) is 9.20 Å². The molecular weight excluding hydrogens is 250 g/mol. The fraction of sp³-hybridized carbons (Fsp3) is 0.500. The van der Waals surface area contributed by atoms with Gasteiger partial charge in [-0.1, -0.05) is 25.3 Å². The van der Waals surface area contributed by atoms with Crippen molar-refractivity contribution in [2.75, 3.05) is 0 Å². The van der Waals surface area contributed by atoms with Crippen LogP contribution < -0.4 is 10.9 Å². The zero-order valence-corrected chi connectivity index (χ0v) is 11.9. The Labute approximate surface area is 118 Å². The number of hydrogen-bond donors (Lipinski definition) is 1. The van der Waals surface area contributed by atoms with Crippen LogP contribution in [0.25, 0.3) is 5.65 Å². The highest BCUT2D eigenvalue weighted by Gasteiger charge is 2.25. The van der Waals surface area contributed by atoms with E-state index in [2.05, 4.69) is 17.2 Å². The van der Waals surface area contributed by atoms with E-state index in [0.29, 0.717) is 12.2 Å². The molecule has 2 aromatic rings. The number of nitrogens with one attached hydrogen (secondary N) is 1. The molecule has 106 valence electrons. The Morgan fingerprint density at radius 3 is 2.90 bits per heavy atom. The normalized spacial score (nSPS) is 18.2. The molecule has 1 saturated carbocycles. The lowest BCUT2D eigenvalue weighted by Crippen LogP contribution is -2.43. The van der Waals surface area contributed by atoms with Crippen molar-refractivity contribution in [1.82, 2.24) is 14.7 Å². The van der Waals surface area contributed by atoms with E-state index < -0.39 is 0 Å². The van der Waals surface area contributed by atoms with Gasteiger partial charge in [0.1, 0.15) is 5.65 Å². The summed E-state index contributed by atoms with van der Waals surface area (Å²) in [5.41, 5.74) is 1.72. The first-order valence-electron chi connectivity index (χ1n) is 7.39. The maximum Gasteiger partial charge on any atom is 0.258 e. The van der Waals surface area contributed by atoms with Crippen LogP contribution in [0.5, 0.6) is 0 Å². The number of rotatable bonds is 3. The Kier molecular flexibility index (Phi) is 3.57. The minimum absolute atomic E-state index is 0.0128. The molecular formula is C16H21N3O. The van der Waals surface area contributed by atoms with Gasteiger partial charge in [0, 0.05) is 24.3 Å². The van der Waals surface area contributed by atoms with Crippen molar-refractivity contribution in [3.63, 3.8) is 0 Å². The predicted molar refractivity (Wildman–Crippen MR) is 79.8 cm³/mol. The second kappa shape index (κ2) is 5.37. The summed E-state index contributed by atoms with van der Waals surface area (Å²) < 4.78 is 1.58. The molecule has 0 bridgehead atoms. The van der Waals surface area contributed by atoms with Gasteiger partial charge in [-0.15, -0.1) is 0 Å². The second-order valence-electron chi connectivity index (χ2n) is 5.99. The van der Waals surface area contributed by atoms with Crippen LogP contribution in [0.4, 0.5) is 0 Å². The highest BCUT2D eigenvalue weighted by atomic mass is 16.1. The first-order chi connectivity index (χ1) is 9.66. The molecule has 0 saturated heterocycles. The first-order valence-corrected chi connectivity index (χ1v) is 7.39. The zero-order chi connectivity index (χ0) is 14.0. The molecule has 4 nitrogen and oxygen atoms in total. The Morgan fingerprint density at radius 2 is 2.10 bits per heavy atom. The van der Waals surface area contributed by atoms with Crippen LogP contribution in [0.2, 0.25) is 0 Å². The SMILES string of the molecule is CC1(NCc2cc(=O)n3ccccc3n2)CCCCC1. The first kappa shape index (κ1) is 13.3. The Balaban J connectivity index is 1.79. The number of nitrogens with zero attached hydrogens (tertiary/aromatic N) is 2. The third kappa shape index (κ3) is 2.75. The lowest BCUT2D eigenvalue weighted by molar-refractivity contribution is 0.251. The van der Waals surface area contributed by atoms with Crippen molar-refractivity contribution < 1.29 is 0 Å². The number of hydrogen-bond acceptors (Lipinski definition) is 3. The molecule has 0 atom stereocenters. The van der Waals surface area contributed by atoms with Gasteiger partial charge in [0.25, 0.3) is 5.56 Å². The minimum Gasteiger partial charge on any atom is -0.306 e. The van der Waals surface area contributed by atoms with Crippen molar-refractivity contribution in [3.8, 4) is 0 Å². The van der Waals surface area contributed by atoms with E-state index in [0.717, 1.165) is 5.69 Å². The molecule has 1 N–H and O–H groups in total. The largest absolute Gasteiger partial charge is 0.306 e. The predicted octanol–water partition coefficient (Wildman–Crippen LogP) is 2.51. The molecule has 2 heterocycles. The van der Waals surface area contributed by atoms with E-state index >= 15 is 0 Å². The lowest BCUT2D eigenvalue weighted by atomic mass is 9.83. The highest BCUT2D eigenvalue weighted by Crippen LogP contribution is 2.27. The minimum atomic E-state index is -0.0128. The van der Waals surface area contributed by atoms with E-state index in [-0.39, 0.29) is 11.1 Å². The molecule has 2 aromatic heterocycles. The van der Waals surface area contributed by atoms with E-state index in [1.165, 1.54) is 32.1 Å². The topological polar surface area (TPSA) is 46.4 Å². The summed E-state index contributed by atoms with van der Waals surface area (Å²) in [5, 5.41) is 3.60. The Bertz CT molecular complexity index is 656. The average molecular weight is 271 g/mol. The maximum atomic E-state index is 12.0. The van der Waals surface area contributed by atoms with Gasteiger partial charge >= 0.3 is 0 Å². The fourth-order valence-electron chi connectivity index (χ4n) is 3.01. The molecule has 0 aliphatic heterocycles. The van der Waals surface area contributed by atoms with Crippen molar-refractivity contribution in [2.24, 2.45) is 0 Å². The highest BCUT2D eigenvalue weighted by molar-refractivity contribution is 5.37. The summed E-state index contributed by atoms with van der Waals surface area (Å²) in [4.78, 5) is 16.6. The molecule has 0 spiro atoms. The van der Waals surface area contributed by atoms with Gasteiger partial charge in [0.05, 0.1) is 5.69 Å².